The minimum Gasteiger partial charge on any atom is -0.433 e. The highest BCUT2D eigenvalue weighted by Crippen LogP contribution is 2.45. The molecule has 0 N–H and O–H groups in total. The van der Waals surface area contributed by atoms with Crippen LogP contribution in [0.4, 0.5) is 0 Å². The summed E-state index contributed by atoms with van der Waals surface area (Å²) in [5.41, 5.74) is 5.60. The van der Waals surface area contributed by atoms with Gasteiger partial charge in [-0.3, -0.25) is 0 Å². The summed E-state index contributed by atoms with van der Waals surface area (Å²) in [7, 11) is 0.301. The van der Waals surface area contributed by atoms with E-state index in [2.05, 4.69) is 104 Å². The summed E-state index contributed by atoms with van der Waals surface area (Å²) in [6.45, 7) is 6.97. The number of benzene rings is 4. The molecule has 4 heteroatoms. The minimum atomic E-state index is -1.82. The second-order valence-corrected chi connectivity index (χ2v) is 13.6. The number of rotatable bonds is 2. The first kappa shape index (κ1) is 19.2. The second kappa shape index (κ2) is 6.75. The highest BCUT2D eigenvalue weighted by atomic mass is 28.3. The molecule has 1 aliphatic rings. The lowest BCUT2D eigenvalue weighted by atomic mass is 9.94. The van der Waals surface area contributed by atoms with Gasteiger partial charge in [-0.05, 0) is 30.0 Å². The van der Waals surface area contributed by atoms with Gasteiger partial charge in [-0.2, -0.15) is 4.57 Å². The van der Waals surface area contributed by atoms with Gasteiger partial charge in [0.15, 0.2) is 0 Å². The van der Waals surface area contributed by atoms with Crippen molar-refractivity contribution in [1.82, 2.24) is 4.98 Å². The topological polar surface area (TPSA) is 26.0 Å². The molecule has 6 rings (SSSR count). The van der Waals surface area contributed by atoms with E-state index in [-0.39, 0.29) is 0 Å². The van der Waals surface area contributed by atoms with Crippen LogP contribution in [0.15, 0.2) is 78.9 Å². The summed E-state index contributed by atoms with van der Waals surface area (Å²) in [6, 6.07) is 28.2. The van der Waals surface area contributed by atoms with Crippen LogP contribution in [-0.2, 0) is 7.05 Å². The molecule has 0 amide bonds. The van der Waals surface area contributed by atoms with Crippen LogP contribution in [-0.4, -0.2) is 13.1 Å². The number of aryl methyl sites for hydroxylation is 2. The third kappa shape index (κ3) is 2.66. The maximum atomic E-state index is 6.38. The molecule has 3 nitrogen and oxygen atoms in total. The summed E-state index contributed by atoms with van der Waals surface area (Å²) in [4.78, 5) is 5.05. The fourth-order valence-electron chi connectivity index (χ4n) is 5.02. The Balaban J connectivity index is 1.60. The Labute approximate surface area is 189 Å². The monoisotopic (exact) mass is 433 g/mol. The van der Waals surface area contributed by atoms with Crippen molar-refractivity contribution < 1.29 is 9.30 Å². The Morgan fingerprint density at radius 3 is 2.47 bits per heavy atom. The van der Waals surface area contributed by atoms with Gasteiger partial charge in [0.25, 0.3) is 11.6 Å². The standard InChI is InChI=1S/C28H25N2OSi/c1-18-13-14-19-9-8-12-24-26(19)25(18)27-28(31-24)29-22-17-21(15-16-23(22)30(27)2)32(3,4)20-10-6-5-7-11-20/h5-17H,1-4H3/q+1. The Hall–Kier alpha value is -3.50. The zero-order valence-electron chi connectivity index (χ0n) is 18.8. The van der Waals surface area contributed by atoms with Crippen molar-refractivity contribution in [2.45, 2.75) is 20.0 Å². The van der Waals surface area contributed by atoms with Crippen molar-refractivity contribution in [2.75, 3.05) is 0 Å². The van der Waals surface area contributed by atoms with Gasteiger partial charge in [-0.15, -0.1) is 0 Å². The van der Waals surface area contributed by atoms with Gasteiger partial charge in [0.1, 0.15) is 26.4 Å². The van der Waals surface area contributed by atoms with Crippen LogP contribution in [0.5, 0.6) is 11.6 Å². The largest absolute Gasteiger partial charge is 0.433 e. The first-order valence-corrected chi connectivity index (χ1v) is 14.1. The van der Waals surface area contributed by atoms with Crippen LogP contribution < -0.4 is 19.7 Å². The quantitative estimate of drug-likeness (QED) is 0.280. The second-order valence-electron chi connectivity index (χ2n) is 9.23. The van der Waals surface area contributed by atoms with E-state index in [1.807, 2.05) is 6.07 Å². The molecule has 156 valence electrons. The first-order valence-electron chi connectivity index (χ1n) is 11.1. The molecule has 4 aromatic carbocycles. The Morgan fingerprint density at radius 2 is 1.66 bits per heavy atom. The zero-order valence-corrected chi connectivity index (χ0v) is 19.8. The Bertz CT molecular complexity index is 1540. The molecule has 2 heterocycles. The SMILES string of the molecule is Cc1ccc2cccc3c2c1-c1c(nc2cc([Si](C)(C)c4ccccc4)ccc2[n+]1C)O3. The van der Waals surface area contributed by atoms with Gasteiger partial charge in [0.05, 0.1) is 5.56 Å². The summed E-state index contributed by atoms with van der Waals surface area (Å²) in [6.07, 6.45) is 0. The fraction of sp³-hybridized carbons (Fsp3) is 0.143. The normalized spacial score (nSPS) is 12.6. The van der Waals surface area contributed by atoms with Gasteiger partial charge >= 0.3 is 0 Å². The average molecular weight is 434 g/mol. The average Bonchev–Trinajstić information content (AvgIpc) is 2.81. The molecule has 1 aliphatic heterocycles. The van der Waals surface area contributed by atoms with Crippen LogP contribution in [0.1, 0.15) is 5.56 Å². The summed E-state index contributed by atoms with van der Waals surface area (Å²) in [5, 5.41) is 5.16. The van der Waals surface area contributed by atoms with E-state index in [1.54, 1.807) is 0 Å². The van der Waals surface area contributed by atoms with Crippen LogP contribution >= 0.6 is 0 Å². The molecule has 32 heavy (non-hydrogen) atoms. The number of hydrogen-bond donors (Lipinski definition) is 0. The summed E-state index contributed by atoms with van der Waals surface area (Å²) < 4.78 is 8.63. The molecule has 0 atom stereocenters. The lowest BCUT2D eigenvalue weighted by molar-refractivity contribution is -0.634. The predicted molar refractivity (Wildman–Crippen MR) is 134 cm³/mol. The van der Waals surface area contributed by atoms with Crippen LogP contribution in [0.2, 0.25) is 13.1 Å². The van der Waals surface area contributed by atoms with Crippen molar-refractivity contribution in [3.8, 4) is 22.9 Å². The van der Waals surface area contributed by atoms with Crippen LogP contribution in [0.25, 0.3) is 33.1 Å². The van der Waals surface area contributed by atoms with E-state index in [0.717, 1.165) is 22.5 Å². The van der Waals surface area contributed by atoms with Crippen LogP contribution in [0.3, 0.4) is 0 Å². The van der Waals surface area contributed by atoms with Gasteiger partial charge in [0.2, 0.25) is 5.52 Å². The molecule has 5 aromatic rings. The minimum absolute atomic E-state index is 0.686. The number of nitrogens with zero attached hydrogens (tertiary/aromatic N) is 2. The molecular formula is C28H25N2OSi+. The molecular weight excluding hydrogens is 408 g/mol. The van der Waals surface area contributed by atoms with E-state index in [9.17, 15) is 0 Å². The number of hydrogen-bond acceptors (Lipinski definition) is 2. The molecule has 0 unspecified atom stereocenters. The zero-order chi connectivity index (χ0) is 22.0. The van der Waals surface area contributed by atoms with Crippen LogP contribution in [0, 0.1) is 6.92 Å². The van der Waals surface area contributed by atoms with Crippen molar-refractivity contribution in [1.29, 1.82) is 0 Å². The Kier molecular flexibility index (Phi) is 4.05. The van der Waals surface area contributed by atoms with Crippen molar-refractivity contribution in [2.24, 2.45) is 7.05 Å². The summed E-state index contributed by atoms with van der Waals surface area (Å²) >= 11 is 0. The molecule has 0 bridgehead atoms. The Morgan fingerprint density at radius 1 is 0.844 bits per heavy atom. The van der Waals surface area contributed by atoms with E-state index in [4.69, 9.17) is 9.72 Å². The van der Waals surface area contributed by atoms with Crippen molar-refractivity contribution >= 4 is 40.3 Å². The molecule has 1 aromatic heterocycles. The number of aromatic nitrogens is 2. The molecule has 0 fully saturated rings. The first-order chi connectivity index (χ1) is 15.4. The molecule has 0 aliphatic carbocycles. The number of fused-ring (bicyclic) bond motifs is 3. The highest BCUT2D eigenvalue weighted by Gasteiger charge is 2.33. The van der Waals surface area contributed by atoms with E-state index < -0.39 is 8.07 Å². The highest BCUT2D eigenvalue weighted by molar-refractivity contribution is 7.00. The van der Waals surface area contributed by atoms with Gasteiger partial charge < -0.3 is 4.74 Å². The van der Waals surface area contributed by atoms with Gasteiger partial charge in [-0.1, -0.05) is 84.1 Å². The van der Waals surface area contributed by atoms with E-state index >= 15 is 0 Å². The third-order valence-corrected chi connectivity index (χ3v) is 10.5. The molecule has 0 saturated heterocycles. The fourth-order valence-corrected chi connectivity index (χ4v) is 7.38. The maximum absolute atomic E-state index is 6.38. The smallest absolute Gasteiger partial charge is 0.294 e. The molecule has 0 spiro atoms. The molecule has 0 saturated carbocycles. The summed E-state index contributed by atoms with van der Waals surface area (Å²) in [5.74, 6) is 1.57. The lowest BCUT2D eigenvalue weighted by Crippen LogP contribution is -2.52. The van der Waals surface area contributed by atoms with Gasteiger partial charge in [-0.25, -0.2) is 4.98 Å². The number of ether oxygens (including phenoxy) is 1. The van der Waals surface area contributed by atoms with Crippen molar-refractivity contribution in [3.05, 3.63) is 84.4 Å². The third-order valence-electron chi connectivity index (χ3n) is 6.97. The van der Waals surface area contributed by atoms with E-state index in [0.29, 0.717) is 5.88 Å². The molecule has 0 radical (unpaired) electrons. The maximum Gasteiger partial charge on any atom is 0.294 e. The predicted octanol–water partition coefficient (Wildman–Crippen LogP) is 5.12. The van der Waals surface area contributed by atoms with Gasteiger partial charge in [0, 0.05) is 11.5 Å². The van der Waals surface area contributed by atoms with E-state index in [1.165, 1.54) is 32.3 Å². The van der Waals surface area contributed by atoms with Crippen molar-refractivity contribution in [3.63, 3.8) is 0 Å². The lowest BCUT2D eigenvalue weighted by Gasteiger charge is -2.24.